The summed E-state index contributed by atoms with van der Waals surface area (Å²) in [6.45, 7) is 7.10. The summed E-state index contributed by atoms with van der Waals surface area (Å²) in [5.41, 5.74) is 6.68. The number of hydrogen-bond acceptors (Lipinski definition) is 5. The molecule has 4 aromatic heterocycles. The van der Waals surface area contributed by atoms with Crippen molar-refractivity contribution in [2.45, 2.75) is 45.3 Å². The van der Waals surface area contributed by atoms with Crippen LogP contribution in [0.2, 0.25) is 0 Å². The van der Waals surface area contributed by atoms with Crippen LogP contribution in [0, 0.1) is 12.8 Å². The molecule has 1 aliphatic heterocycles. The zero-order valence-corrected chi connectivity index (χ0v) is 21.8. The van der Waals surface area contributed by atoms with Gasteiger partial charge in [-0.25, -0.2) is 9.97 Å². The lowest BCUT2D eigenvalue weighted by Gasteiger charge is -2.33. The van der Waals surface area contributed by atoms with Gasteiger partial charge in [0.05, 0.1) is 40.5 Å². The number of aromatic nitrogens is 5. The summed E-state index contributed by atoms with van der Waals surface area (Å²) in [6, 6.07) is 16.9. The number of pyridine rings is 2. The van der Waals surface area contributed by atoms with Gasteiger partial charge in [-0.15, -0.1) is 0 Å². The number of imidazole rings is 1. The Labute approximate surface area is 216 Å². The third kappa shape index (κ3) is 4.12. The topological polar surface area (TPSA) is 78.0 Å². The minimum atomic E-state index is -1.05. The van der Waals surface area contributed by atoms with Crippen LogP contribution in [-0.4, -0.2) is 42.4 Å². The molecule has 190 valence electrons. The molecule has 0 unspecified atom stereocenters. The first-order valence-corrected chi connectivity index (χ1v) is 13.0. The Morgan fingerprint density at radius 2 is 1.81 bits per heavy atom. The quantitative estimate of drug-likeness (QED) is 0.347. The van der Waals surface area contributed by atoms with Gasteiger partial charge in [0.2, 0.25) is 0 Å². The molecule has 0 saturated carbocycles. The molecular formula is C30H33N5O2. The normalized spacial score (nSPS) is 16.0. The monoisotopic (exact) mass is 495 g/mol. The molecule has 0 radical (unpaired) electrons. The first-order valence-electron chi connectivity index (χ1n) is 13.0. The SMILES string of the molecule is Cc1ncn(C)c1-c1cnc2c3ccc(C(C)(C)O)nc3n([C@H](c3ccccc3)C3CCOCC3)c2c1. The Balaban J connectivity index is 1.69. The second kappa shape index (κ2) is 9.08. The zero-order valence-electron chi connectivity index (χ0n) is 21.8. The minimum absolute atomic E-state index is 0.0549. The van der Waals surface area contributed by atoms with Crippen molar-refractivity contribution < 1.29 is 9.84 Å². The number of nitrogens with zero attached hydrogens (tertiary/aromatic N) is 5. The van der Waals surface area contributed by atoms with Crippen LogP contribution in [0.3, 0.4) is 0 Å². The van der Waals surface area contributed by atoms with Gasteiger partial charge in [-0.1, -0.05) is 30.3 Å². The van der Waals surface area contributed by atoms with E-state index in [1.54, 1.807) is 13.8 Å². The smallest absolute Gasteiger partial charge is 0.143 e. The Bertz CT molecular complexity index is 1550. The van der Waals surface area contributed by atoms with Gasteiger partial charge in [0.15, 0.2) is 0 Å². The molecule has 7 nitrogen and oxygen atoms in total. The summed E-state index contributed by atoms with van der Waals surface area (Å²) in [4.78, 5) is 14.6. The van der Waals surface area contributed by atoms with E-state index in [0.717, 1.165) is 65.1 Å². The Hall–Kier alpha value is -3.55. The highest BCUT2D eigenvalue weighted by molar-refractivity contribution is 6.05. The standard InChI is InChI=1S/C30H33N5O2/c1-19-27(34(4)18-32-19)22-16-24-26(31-17-22)23-10-11-25(30(2,3)36)33-29(23)35(24)28(20-8-6-5-7-9-20)21-12-14-37-15-13-21/h5-11,16-18,21,28,36H,12-15H2,1-4H3/t28-/m1/s1. The van der Waals surface area contributed by atoms with Gasteiger partial charge in [0.1, 0.15) is 11.2 Å². The van der Waals surface area contributed by atoms with Gasteiger partial charge in [-0.3, -0.25) is 4.98 Å². The van der Waals surface area contributed by atoms with Crippen LogP contribution in [0.15, 0.2) is 61.1 Å². The number of hydrogen-bond donors (Lipinski definition) is 1. The van der Waals surface area contributed by atoms with E-state index in [0.29, 0.717) is 11.6 Å². The van der Waals surface area contributed by atoms with Crippen LogP contribution in [0.1, 0.15) is 49.7 Å². The molecule has 5 heterocycles. The van der Waals surface area contributed by atoms with Gasteiger partial charge >= 0.3 is 0 Å². The lowest BCUT2D eigenvalue weighted by Crippen LogP contribution is -2.27. The van der Waals surface area contributed by atoms with Crippen molar-refractivity contribution in [3.8, 4) is 11.3 Å². The highest BCUT2D eigenvalue weighted by Gasteiger charge is 2.31. The van der Waals surface area contributed by atoms with Crippen LogP contribution in [0.25, 0.3) is 33.3 Å². The van der Waals surface area contributed by atoms with Crippen molar-refractivity contribution in [2.24, 2.45) is 13.0 Å². The van der Waals surface area contributed by atoms with Gasteiger partial charge in [0.25, 0.3) is 0 Å². The average molecular weight is 496 g/mol. The molecule has 1 saturated heterocycles. The van der Waals surface area contributed by atoms with Crippen molar-refractivity contribution in [1.29, 1.82) is 0 Å². The molecule has 7 heteroatoms. The molecule has 37 heavy (non-hydrogen) atoms. The largest absolute Gasteiger partial charge is 0.384 e. The lowest BCUT2D eigenvalue weighted by molar-refractivity contribution is 0.0551. The van der Waals surface area contributed by atoms with Crippen molar-refractivity contribution in [2.75, 3.05) is 13.2 Å². The van der Waals surface area contributed by atoms with Gasteiger partial charge in [0, 0.05) is 37.4 Å². The summed E-state index contributed by atoms with van der Waals surface area (Å²) in [6.07, 6.45) is 5.72. The molecule has 1 aromatic carbocycles. The number of rotatable bonds is 5. The van der Waals surface area contributed by atoms with Crippen LogP contribution in [0.4, 0.5) is 0 Å². The third-order valence-corrected chi connectivity index (χ3v) is 7.64. The summed E-state index contributed by atoms with van der Waals surface area (Å²) in [7, 11) is 2.01. The van der Waals surface area contributed by atoms with Gasteiger partial charge in [-0.05, 0) is 63.3 Å². The number of aliphatic hydroxyl groups is 1. The summed E-state index contributed by atoms with van der Waals surface area (Å²) in [5, 5.41) is 11.8. The molecule has 0 spiro atoms. The maximum Gasteiger partial charge on any atom is 0.143 e. The summed E-state index contributed by atoms with van der Waals surface area (Å²) < 4.78 is 10.2. The maximum absolute atomic E-state index is 10.8. The van der Waals surface area contributed by atoms with E-state index in [-0.39, 0.29) is 6.04 Å². The van der Waals surface area contributed by atoms with Gasteiger partial charge < -0.3 is 19.0 Å². The number of fused-ring (bicyclic) bond motifs is 3. The van der Waals surface area contributed by atoms with Crippen molar-refractivity contribution in [1.82, 2.24) is 24.1 Å². The molecule has 6 rings (SSSR count). The maximum atomic E-state index is 10.8. The first kappa shape index (κ1) is 23.8. The number of benzene rings is 1. The van der Waals surface area contributed by atoms with E-state index in [4.69, 9.17) is 14.7 Å². The van der Waals surface area contributed by atoms with E-state index < -0.39 is 5.60 Å². The van der Waals surface area contributed by atoms with Crippen LogP contribution >= 0.6 is 0 Å². The predicted molar refractivity (Wildman–Crippen MR) is 145 cm³/mol. The zero-order chi connectivity index (χ0) is 25.7. The highest BCUT2D eigenvalue weighted by atomic mass is 16.5. The molecule has 0 aliphatic carbocycles. The van der Waals surface area contributed by atoms with E-state index in [9.17, 15) is 5.11 Å². The molecule has 0 bridgehead atoms. The first-order chi connectivity index (χ1) is 17.8. The average Bonchev–Trinajstić information content (AvgIpc) is 3.40. The lowest BCUT2D eigenvalue weighted by atomic mass is 9.86. The summed E-state index contributed by atoms with van der Waals surface area (Å²) in [5.74, 6) is 0.379. The van der Waals surface area contributed by atoms with E-state index in [1.165, 1.54) is 5.56 Å². The second-order valence-corrected chi connectivity index (χ2v) is 10.7. The van der Waals surface area contributed by atoms with Crippen LogP contribution < -0.4 is 0 Å². The molecular weight excluding hydrogens is 462 g/mol. The highest BCUT2D eigenvalue weighted by Crippen LogP contribution is 2.41. The van der Waals surface area contributed by atoms with E-state index in [1.807, 2.05) is 37.1 Å². The summed E-state index contributed by atoms with van der Waals surface area (Å²) >= 11 is 0. The minimum Gasteiger partial charge on any atom is -0.384 e. The molecule has 1 N–H and O–H groups in total. The predicted octanol–water partition coefficient (Wildman–Crippen LogP) is 5.54. The fraction of sp³-hybridized carbons (Fsp3) is 0.367. The molecule has 1 aliphatic rings. The van der Waals surface area contributed by atoms with Crippen molar-refractivity contribution in [3.63, 3.8) is 0 Å². The van der Waals surface area contributed by atoms with E-state index >= 15 is 0 Å². The Morgan fingerprint density at radius 3 is 2.49 bits per heavy atom. The second-order valence-electron chi connectivity index (χ2n) is 10.7. The fourth-order valence-corrected chi connectivity index (χ4v) is 5.80. The van der Waals surface area contributed by atoms with Crippen LogP contribution in [-0.2, 0) is 17.4 Å². The molecule has 1 atom stereocenters. The van der Waals surface area contributed by atoms with Crippen molar-refractivity contribution >= 4 is 22.1 Å². The Morgan fingerprint density at radius 1 is 1.05 bits per heavy atom. The van der Waals surface area contributed by atoms with E-state index in [2.05, 4.69) is 52.0 Å². The Kier molecular flexibility index (Phi) is 5.85. The third-order valence-electron chi connectivity index (χ3n) is 7.64. The molecule has 5 aromatic rings. The van der Waals surface area contributed by atoms with Crippen LogP contribution in [0.5, 0.6) is 0 Å². The fourth-order valence-electron chi connectivity index (χ4n) is 5.80. The number of ether oxygens (including phenoxy) is 1. The molecule has 1 fully saturated rings. The number of aryl methyl sites for hydroxylation is 2. The molecule has 0 amide bonds. The van der Waals surface area contributed by atoms with Gasteiger partial charge in [-0.2, -0.15) is 0 Å². The van der Waals surface area contributed by atoms with Crippen molar-refractivity contribution in [3.05, 3.63) is 78.0 Å².